The third-order valence-electron chi connectivity index (χ3n) is 4.39. The highest BCUT2D eigenvalue weighted by atomic mass is 16.5. The molecule has 158 valence electrons. The van der Waals surface area contributed by atoms with Gasteiger partial charge in [-0.2, -0.15) is 0 Å². The van der Waals surface area contributed by atoms with Crippen LogP contribution in [0.5, 0.6) is 0 Å². The van der Waals surface area contributed by atoms with Gasteiger partial charge in [0.15, 0.2) is 6.17 Å². The van der Waals surface area contributed by atoms with Crippen molar-refractivity contribution in [1.29, 1.82) is 0 Å². The van der Waals surface area contributed by atoms with Crippen molar-refractivity contribution in [3.63, 3.8) is 0 Å². The Morgan fingerprint density at radius 3 is 2.33 bits per heavy atom. The van der Waals surface area contributed by atoms with Crippen molar-refractivity contribution in [3.05, 3.63) is 78.8 Å². The first-order chi connectivity index (χ1) is 14.7. The molecule has 0 bridgehead atoms. The normalized spacial score (nSPS) is 15.7. The van der Waals surface area contributed by atoms with Crippen LogP contribution >= 0.6 is 0 Å². The van der Waals surface area contributed by atoms with Crippen LogP contribution in [0.15, 0.2) is 78.0 Å². The highest BCUT2D eigenvalue weighted by Crippen LogP contribution is 2.30. The van der Waals surface area contributed by atoms with E-state index in [-0.39, 0.29) is 18.8 Å². The molecule has 3 N–H and O–H groups in total. The number of hydrogen-bond donors (Lipinski definition) is 3. The van der Waals surface area contributed by atoms with Crippen molar-refractivity contribution in [2.75, 3.05) is 18.5 Å². The van der Waals surface area contributed by atoms with E-state index in [0.29, 0.717) is 12.6 Å². The van der Waals surface area contributed by atoms with Gasteiger partial charge < -0.3 is 9.84 Å². The predicted molar refractivity (Wildman–Crippen MR) is 120 cm³/mol. The molecule has 0 radical (unpaired) electrons. The zero-order valence-electron chi connectivity index (χ0n) is 17.4. The van der Waals surface area contributed by atoms with E-state index < -0.39 is 0 Å². The summed E-state index contributed by atoms with van der Waals surface area (Å²) in [5.74, 6) is 0.824. The molecule has 1 aliphatic rings. The molecule has 1 aromatic heterocycles. The number of amidine groups is 1. The van der Waals surface area contributed by atoms with Crippen LogP contribution in [-0.2, 0) is 4.74 Å². The number of benzene rings is 2. The Bertz CT molecular complexity index is 885. The van der Waals surface area contributed by atoms with Gasteiger partial charge in [-0.3, -0.25) is 15.2 Å². The number of aromatic nitrogens is 2. The molecule has 0 saturated heterocycles. The van der Waals surface area contributed by atoms with Gasteiger partial charge in [0.1, 0.15) is 17.8 Å². The number of ether oxygens (including phenoxy) is 1. The Hall–Kier alpha value is -3.16. The fourth-order valence-corrected chi connectivity index (χ4v) is 2.88. The maximum atomic E-state index is 9.32. The molecule has 1 aliphatic heterocycles. The SMILES string of the molecule is CCCOC1=N[C@@H](NC(C)CO)c2ncn(-c3ccccc3)c2N1.c1ccccc1. The quantitative estimate of drug-likeness (QED) is 0.580. The van der Waals surface area contributed by atoms with Crippen LogP contribution in [0, 0.1) is 0 Å². The lowest BCUT2D eigenvalue weighted by Gasteiger charge is -2.25. The van der Waals surface area contributed by atoms with Gasteiger partial charge in [-0.25, -0.2) is 9.98 Å². The molecule has 7 nitrogen and oxygen atoms in total. The van der Waals surface area contributed by atoms with Gasteiger partial charge in [0.2, 0.25) is 0 Å². The second kappa shape index (κ2) is 11.1. The van der Waals surface area contributed by atoms with E-state index in [9.17, 15) is 5.11 Å². The molecule has 0 amide bonds. The number of imidazole rings is 1. The van der Waals surface area contributed by atoms with E-state index in [2.05, 4.69) is 20.6 Å². The van der Waals surface area contributed by atoms with Crippen LogP contribution in [-0.4, -0.2) is 39.9 Å². The number of anilines is 1. The van der Waals surface area contributed by atoms with Crippen molar-refractivity contribution in [3.8, 4) is 5.69 Å². The van der Waals surface area contributed by atoms with Gasteiger partial charge in [-0.05, 0) is 25.5 Å². The highest BCUT2D eigenvalue weighted by molar-refractivity contribution is 5.91. The van der Waals surface area contributed by atoms with Crippen molar-refractivity contribution in [1.82, 2.24) is 14.9 Å². The number of hydrogen-bond acceptors (Lipinski definition) is 6. The Morgan fingerprint density at radius 1 is 1.10 bits per heavy atom. The summed E-state index contributed by atoms with van der Waals surface area (Å²) in [4.78, 5) is 9.05. The topological polar surface area (TPSA) is 83.7 Å². The van der Waals surface area contributed by atoms with Gasteiger partial charge in [-0.1, -0.05) is 61.5 Å². The van der Waals surface area contributed by atoms with E-state index in [4.69, 9.17) is 4.74 Å². The van der Waals surface area contributed by atoms with Crippen molar-refractivity contribution >= 4 is 11.8 Å². The summed E-state index contributed by atoms with van der Waals surface area (Å²) in [6.45, 7) is 4.56. The number of nitrogens with zero attached hydrogens (tertiary/aromatic N) is 3. The lowest BCUT2D eigenvalue weighted by atomic mass is 10.2. The second-order valence-corrected chi connectivity index (χ2v) is 6.90. The largest absolute Gasteiger partial charge is 0.465 e. The van der Waals surface area contributed by atoms with Crippen LogP contribution in [0.25, 0.3) is 5.69 Å². The summed E-state index contributed by atoms with van der Waals surface area (Å²) in [5, 5.41) is 15.8. The summed E-state index contributed by atoms with van der Waals surface area (Å²) in [5.41, 5.74) is 1.78. The van der Waals surface area contributed by atoms with Crippen LogP contribution in [0.3, 0.4) is 0 Å². The van der Waals surface area contributed by atoms with E-state index in [1.165, 1.54) is 0 Å². The number of fused-ring (bicyclic) bond motifs is 1. The minimum Gasteiger partial charge on any atom is -0.465 e. The molecule has 2 heterocycles. The monoisotopic (exact) mass is 407 g/mol. The lowest BCUT2D eigenvalue weighted by molar-refractivity contribution is 0.238. The maximum absolute atomic E-state index is 9.32. The van der Waals surface area contributed by atoms with Crippen LogP contribution < -0.4 is 10.6 Å². The molecule has 1 unspecified atom stereocenters. The van der Waals surface area contributed by atoms with E-state index in [0.717, 1.165) is 23.6 Å². The average Bonchev–Trinajstić information content (AvgIpc) is 3.24. The number of para-hydroxylation sites is 1. The van der Waals surface area contributed by atoms with Crippen LogP contribution in [0.2, 0.25) is 0 Å². The maximum Gasteiger partial charge on any atom is 0.292 e. The zero-order chi connectivity index (χ0) is 21.2. The van der Waals surface area contributed by atoms with Gasteiger partial charge in [0.05, 0.1) is 13.2 Å². The Labute approximate surface area is 177 Å². The van der Waals surface area contributed by atoms with Gasteiger partial charge in [0, 0.05) is 11.7 Å². The number of aliphatic hydroxyl groups excluding tert-OH is 1. The molecular weight excluding hydrogens is 378 g/mol. The minimum atomic E-state index is -0.361. The van der Waals surface area contributed by atoms with Crippen LogP contribution in [0.1, 0.15) is 32.1 Å². The Kier molecular flexibility index (Phi) is 8.00. The first-order valence-electron chi connectivity index (χ1n) is 10.2. The predicted octanol–water partition coefficient (Wildman–Crippen LogP) is 3.74. The summed E-state index contributed by atoms with van der Waals surface area (Å²) < 4.78 is 7.66. The Balaban J connectivity index is 0.000000367. The number of rotatable bonds is 6. The molecule has 0 spiro atoms. The number of nitrogens with one attached hydrogen (secondary N) is 2. The number of aliphatic imine (C=N–C) groups is 1. The van der Waals surface area contributed by atoms with E-state index >= 15 is 0 Å². The molecule has 30 heavy (non-hydrogen) atoms. The van der Waals surface area contributed by atoms with E-state index in [1.54, 1.807) is 6.33 Å². The molecule has 0 fully saturated rings. The van der Waals surface area contributed by atoms with Crippen LogP contribution in [0.4, 0.5) is 5.82 Å². The third-order valence-corrected chi connectivity index (χ3v) is 4.39. The summed E-state index contributed by atoms with van der Waals surface area (Å²) in [6, 6.07) is 22.3. The number of aliphatic hydroxyl groups is 1. The molecule has 4 rings (SSSR count). The van der Waals surface area contributed by atoms with Gasteiger partial charge in [-0.15, -0.1) is 0 Å². The summed E-state index contributed by atoms with van der Waals surface area (Å²) in [6.07, 6.45) is 2.31. The van der Waals surface area contributed by atoms with Crippen molar-refractivity contribution in [2.24, 2.45) is 4.99 Å². The van der Waals surface area contributed by atoms with Crippen molar-refractivity contribution in [2.45, 2.75) is 32.5 Å². The standard InChI is InChI=1S/C17H23N5O2.C6H6/c1-3-9-24-17-20-15(19-12(2)10-23)14-16(21-17)22(11-18-14)13-7-5-4-6-8-13;1-2-4-6-5-3-1/h4-8,11-12,15,19,23H,3,9-10H2,1-2H3,(H,20,21);1-6H/t12?,15-;/m1./s1. The average molecular weight is 408 g/mol. The molecule has 2 aromatic carbocycles. The molecule has 7 heteroatoms. The minimum absolute atomic E-state index is 0.0271. The first kappa shape index (κ1) is 21.5. The first-order valence-corrected chi connectivity index (χ1v) is 10.2. The summed E-state index contributed by atoms with van der Waals surface area (Å²) in [7, 11) is 0. The van der Waals surface area contributed by atoms with Gasteiger partial charge >= 0.3 is 0 Å². The second-order valence-electron chi connectivity index (χ2n) is 6.90. The van der Waals surface area contributed by atoms with Gasteiger partial charge in [0.25, 0.3) is 6.02 Å². The fourth-order valence-electron chi connectivity index (χ4n) is 2.88. The zero-order valence-corrected chi connectivity index (χ0v) is 17.4. The summed E-state index contributed by atoms with van der Waals surface area (Å²) >= 11 is 0. The fraction of sp³-hybridized carbons (Fsp3) is 0.304. The van der Waals surface area contributed by atoms with E-state index in [1.807, 2.05) is 85.1 Å². The third kappa shape index (κ3) is 5.68. The lowest BCUT2D eigenvalue weighted by Crippen LogP contribution is -2.36. The smallest absolute Gasteiger partial charge is 0.292 e. The molecular formula is C23H29N5O2. The molecule has 0 aliphatic carbocycles. The molecule has 3 aromatic rings. The molecule has 2 atom stereocenters. The molecule has 0 saturated carbocycles. The highest BCUT2D eigenvalue weighted by Gasteiger charge is 2.28. The Morgan fingerprint density at radius 2 is 1.73 bits per heavy atom. The van der Waals surface area contributed by atoms with Crippen molar-refractivity contribution < 1.29 is 9.84 Å².